The topological polar surface area (TPSA) is 50.7 Å². The molecule has 0 saturated carbocycles. The van der Waals surface area contributed by atoms with E-state index < -0.39 is 0 Å². The van der Waals surface area contributed by atoms with Crippen molar-refractivity contribution in [3.63, 3.8) is 0 Å². The van der Waals surface area contributed by atoms with E-state index in [-0.39, 0.29) is 25.1 Å². The molecule has 108 valence electrons. The van der Waals surface area contributed by atoms with Crippen LogP contribution in [0.1, 0.15) is 25.5 Å². The van der Waals surface area contributed by atoms with Crippen LogP contribution in [0.2, 0.25) is 0 Å². The summed E-state index contributed by atoms with van der Waals surface area (Å²) in [5.41, 5.74) is 0.630. The number of aliphatic hydroxyl groups is 1. The van der Waals surface area contributed by atoms with Gasteiger partial charge in [0.2, 0.25) is 0 Å². The maximum atomic E-state index is 13.9. The maximum Gasteiger partial charge on any atom is 0.131 e. The number of benzene rings is 1. The van der Waals surface area contributed by atoms with E-state index in [1.165, 1.54) is 6.07 Å². The molecule has 5 heteroatoms. The predicted molar refractivity (Wildman–Crippen MR) is 71.9 cm³/mol. The van der Waals surface area contributed by atoms with Gasteiger partial charge < -0.3 is 19.9 Å². The fourth-order valence-electron chi connectivity index (χ4n) is 1.75. The van der Waals surface area contributed by atoms with Crippen LogP contribution >= 0.6 is 0 Å². The zero-order valence-electron chi connectivity index (χ0n) is 11.5. The monoisotopic (exact) mass is 271 g/mol. The van der Waals surface area contributed by atoms with Crippen LogP contribution < -0.4 is 10.1 Å². The summed E-state index contributed by atoms with van der Waals surface area (Å²) in [7, 11) is 0. The average Bonchev–Trinajstić information content (AvgIpc) is 2.39. The lowest BCUT2D eigenvalue weighted by molar-refractivity contribution is 0.0704. The van der Waals surface area contributed by atoms with Crippen LogP contribution in [0.3, 0.4) is 0 Å². The Morgan fingerprint density at radius 3 is 2.74 bits per heavy atom. The number of halogens is 1. The van der Waals surface area contributed by atoms with E-state index in [0.29, 0.717) is 24.5 Å². The van der Waals surface area contributed by atoms with Gasteiger partial charge in [-0.1, -0.05) is 13.0 Å². The zero-order valence-corrected chi connectivity index (χ0v) is 11.5. The second-order valence-electron chi connectivity index (χ2n) is 4.15. The van der Waals surface area contributed by atoms with Gasteiger partial charge in [-0.15, -0.1) is 0 Å². The second kappa shape index (κ2) is 8.85. The van der Waals surface area contributed by atoms with Crippen molar-refractivity contribution >= 4 is 0 Å². The van der Waals surface area contributed by atoms with Crippen LogP contribution in [0.4, 0.5) is 4.39 Å². The van der Waals surface area contributed by atoms with Crippen LogP contribution in [0.15, 0.2) is 18.2 Å². The molecule has 4 nitrogen and oxygen atoms in total. The Bertz CT molecular complexity index is 374. The molecule has 0 fully saturated rings. The minimum atomic E-state index is -0.276. The first-order chi connectivity index (χ1) is 9.19. The average molecular weight is 271 g/mol. The summed E-state index contributed by atoms with van der Waals surface area (Å²) in [5.74, 6) is 0.208. The zero-order chi connectivity index (χ0) is 14.1. The van der Waals surface area contributed by atoms with Crippen LogP contribution in [-0.2, 0) is 4.74 Å². The van der Waals surface area contributed by atoms with E-state index in [1.807, 2.05) is 13.8 Å². The molecule has 0 aliphatic heterocycles. The summed E-state index contributed by atoms with van der Waals surface area (Å²) in [5, 5.41) is 11.7. The highest BCUT2D eigenvalue weighted by Crippen LogP contribution is 2.21. The van der Waals surface area contributed by atoms with E-state index in [4.69, 9.17) is 14.6 Å². The van der Waals surface area contributed by atoms with Gasteiger partial charge in [0.25, 0.3) is 0 Å². The first kappa shape index (κ1) is 15.9. The van der Waals surface area contributed by atoms with Crippen LogP contribution in [-0.4, -0.2) is 38.1 Å². The van der Waals surface area contributed by atoms with Crippen molar-refractivity contribution in [2.75, 3.05) is 33.0 Å². The van der Waals surface area contributed by atoms with Gasteiger partial charge in [0, 0.05) is 17.7 Å². The first-order valence-corrected chi connectivity index (χ1v) is 6.53. The molecule has 0 bridgehead atoms. The lowest BCUT2D eigenvalue weighted by Gasteiger charge is -2.14. The van der Waals surface area contributed by atoms with Gasteiger partial charge in [0.05, 0.1) is 19.8 Å². The molecule has 0 aliphatic rings. The summed E-state index contributed by atoms with van der Waals surface area (Å²) in [6, 6.07) is 4.84. The van der Waals surface area contributed by atoms with Gasteiger partial charge in [-0.05, 0) is 19.5 Å². The minimum Gasteiger partial charge on any atom is -0.491 e. The molecule has 19 heavy (non-hydrogen) atoms. The molecule has 1 atom stereocenters. The summed E-state index contributed by atoms with van der Waals surface area (Å²) < 4.78 is 24.3. The van der Waals surface area contributed by atoms with Crippen molar-refractivity contribution in [2.45, 2.75) is 19.9 Å². The Labute approximate surface area is 113 Å². The highest BCUT2D eigenvalue weighted by atomic mass is 19.1. The fraction of sp³-hybridized carbons (Fsp3) is 0.571. The molecule has 0 saturated heterocycles. The van der Waals surface area contributed by atoms with Gasteiger partial charge in [-0.25, -0.2) is 4.39 Å². The van der Waals surface area contributed by atoms with E-state index in [9.17, 15) is 4.39 Å². The maximum absolute atomic E-state index is 13.9. The molecule has 0 amide bonds. The second-order valence-corrected chi connectivity index (χ2v) is 4.15. The first-order valence-electron chi connectivity index (χ1n) is 6.53. The van der Waals surface area contributed by atoms with Gasteiger partial charge in [-0.3, -0.25) is 0 Å². The van der Waals surface area contributed by atoms with E-state index in [2.05, 4.69) is 5.32 Å². The normalized spacial score (nSPS) is 12.4. The lowest BCUT2D eigenvalue weighted by atomic mass is 10.1. The molecule has 0 spiro atoms. The molecular weight excluding hydrogens is 249 g/mol. The van der Waals surface area contributed by atoms with Crippen molar-refractivity contribution in [3.8, 4) is 5.75 Å². The number of nitrogens with one attached hydrogen (secondary N) is 1. The fourth-order valence-corrected chi connectivity index (χ4v) is 1.75. The van der Waals surface area contributed by atoms with Gasteiger partial charge >= 0.3 is 0 Å². The third-order valence-electron chi connectivity index (χ3n) is 2.68. The number of aliphatic hydroxyl groups excluding tert-OH is 1. The Kier molecular flexibility index (Phi) is 7.40. The predicted octanol–water partition coefficient (Wildman–Crippen LogP) is 1.88. The molecule has 1 rings (SSSR count). The quantitative estimate of drug-likeness (QED) is 0.673. The molecule has 1 unspecified atom stereocenters. The minimum absolute atomic E-state index is 0.00829. The third kappa shape index (κ3) is 5.55. The number of rotatable bonds is 9. The van der Waals surface area contributed by atoms with E-state index in [0.717, 1.165) is 6.54 Å². The van der Waals surface area contributed by atoms with Crippen molar-refractivity contribution < 1.29 is 19.0 Å². The molecule has 0 aromatic heterocycles. The molecule has 0 heterocycles. The highest BCUT2D eigenvalue weighted by molar-refractivity contribution is 5.30. The Morgan fingerprint density at radius 2 is 2.11 bits per heavy atom. The molecule has 1 aromatic rings. The van der Waals surface area contributed by atoms with Crippen LogP contribution in [0.5, 0.6) is 5.75 Å². The molecular formula is C14H22FNO3. The smallest absolute Gasteiger partial charge is 0.131 e. The SMILES string of the molecule is CCNC(C)c1ccc(OCCOCCO)cc1F. The van der Waals surface area contributed by atoms with Gasteiger partial charge in [0.1, 0.15) is 18.2 Å². The molecule has 0 radical (unpaired) electrons. The number of ether oxygens (including phenoxy) is 2. The Hall–Kier alpha value is -1.17. The summed E-state index contributed by atoms with van der Waals surface area (Å²) in [6.45, 7) is 5.69. The summed E-state index contributed by atoms with van der Waals surface area (Å²) >= 11 is 0. The number of hydrogen-bond donors (Lipinski definition) is 2. The van der Waals surface area contributed by atoms with Crippen molar-refractivity contribution in [1.29, 1.82) is 0 Å². The van der Waals surface area contributed by atoms with Crippen molar-refractivity contribution in [3.05, 3.63) is 29.6 Å². The third-order valence-corrected chi connectivity index (χ3v) is 2.68. The van der Waals surface area contributed by atoms with Crippen molar-refractivity contribution in [1.82, 2.24) is 5.32 Å². The summed E-state index contributed by atoms with van der Waals surface area (Å²) in [4.78, 5) is 0. The molecule has 2 N–H and O–H groups in total. The Morgan fingerprint density at radius 1 is 1.32 bits per heavy atom. The summed E-state index contributed by atoms with van der Waals surface area (Å²) in [6.07, 6.45) is 0. The van der Waals surface area contributed by atoms with Gasteiger partial charge in [0.15, 0.2) is 0 Å². The van der Waals surface area contributed by atoms with Gasteiger partial charge in [-0.2, -0.15) is 0 Å². The molecule has 0 aliphatic carbocycles. The highest BCUT2D eigenvalue weighted by Gasteiger charge is 2.10. The van der Waals surface area contributed by atoms with E-state index in [1.54, 1.807) is 12.1 Å². The van der Waals surface area contributed by atoms with Crippen molar-refractivity contribution in [2.24, 2.45) is 0 Å². The number of hydrogen-bond acceptors (Lipinski definition) is 4. The largest absolute Gasteiger partial charge is 0.491 e. The molecule has 1 aromatic carbocycles. The van der Waals surface area contributed by atoms with Crippen LogP contribution in [0.25, 0.3) is 0 Å². The standard InChI is InChI=1S/C14H22FNO3/c1-3-16-11(2)13-5-4-12(10-14(13)15)19-9-8-18-7-6-17/h4-5,10-11,16-17H,3,6-9H2,1-2H3. The van der Waals surface area contributed by atoms with Crippen LogP contribution in [0, 0.1) is 5.82 Å². The Balaban J connectivity index is 2.47. The van der Waals surface area contributed by atoms with E-state index >= 15 is 0 Å². The lowest BCUT2D eigenvalue weighted by Crippen LogP contribution is -2.18.